The first-order valence-corrected chi connectivity index (χ1v) is 9.61. The fourth-order valence-corrected chi connectivity index (χ4v) is 2.98. The quantitative estimate of drug-likeness (QED) is 0.757. The van der Waals surface area contributed by atoms with Crippen molar-refractivity contribution in [1.29, 1.82) is 0 Å². The molecule has 0 fully saturated rings. The smallest absolute Gasteiger partial charge is 0.265 e. The van der Waals surface area contributed by atoms with Crippen LogP contribution in [0.1, 0.15) is 17.3 Å². The molecule has 0 bridgehead atoms. The molecule has 1 heterocycles. The number of benzene rings is 2. The molecule has 1 aliphatic heterocycles. The first-order chi connectivity index (χ1) is 12.2. The van der Waals surface area contributed by atoms with Crippen molar-refractivity contribution >= 4 is 38.9 Å². The molecule has 9 heteroatoms. The van der Waals surface area contributed by atoms with Gasteiger partial charge in [0.1, 0.15) is 5.75 Å². The van der Waals surface area contributed by atoms with Crippen molar-refractivity contribution < 1.29 is 22.7 Å². The van der Waals surface area contributed by atoms with Gasteiger partial charge in [0.25, 0.3) is 11.8 Å². The monoisotopic (exact) mass is 375 g/mol. The molecule has 2 amide bonds. The number of ether oxygens (including phenoxy) is 1. The summed E-state index contributed by atoms with van der Waals surface area (Å²) < 4.78 is 30.4. The van der Waals surface area contributed by atoms with Crippen LogP contribution in [0.25, 0.3) is 0 Å². The molecule has 136 valence electrons. The molecule has 3 N–H and O–H groups in total. The number of sulfonamides is 1. The van der Waals surface area contributed by atoms with E-state index < -0.39 is 22.0 Å². The van der Waals surface area contributed by atoms with Gasteiger partial charge in [0.2, 0.25) is 10.0 Å². The SMILES string of the molecule is C[C@@H]1Oc2ccc(NC(=O)c3cccc(NS(C)(=O)=O)c3)cc2NC1=O. The summed E-state index contributed by atoms with van der Waals surface area (Å²) in [6.07, 6.45) is 0.456. The maximum atomic E-state index is 12.4. The van der Waals surface area contributed by atoms with Crippen LogP contribution in [0.15, 0.2) is 42.5 Å². The first-order valence-electron chi connectivity index (χ1n) is 7.72. The number of carbonyl (C=O) groups is 2. The molecule has 1 aliphatic rings. The number of hydrogen-bond donors (Lipinski definition) is 3. The minimum atomic E-state index is -3.43. The van der Waals surface area contributed by atoms with E-state index in [4.69, 9.17) is 4.74 Å². The second-order valence-corrected chi connectivity index (χ2v) is 7.62. The van der Waals surface area contributed by atoms with Crippen molar-refractivity contribution in [3.8, 4) is 5.75 Å². The lowest BCUT2D eigenvalue weighted by molar-refractivity contribution is -0.122. The second kappa shape index (κ2) is 6.68. The number of nitrogens with one attached hydrogen (secondary N) is 3. The molecule has 2 aromatic carbocycles. The van der Waals surface area contributed by atoms with Crippen LogP contribution in [0, 0.1) is 0 Å². The third-order valence-corrected chi connectivity index (χ3v) is 4.20. The van der Waals surface area contributed by atoms with Gasteiger partial charge in [-0.25, -0.2) is 8.42 Å². The molecule has 0 unspecified atom stereocenters. The van der Waals surface area contributed by atoms with E-state index in [0.717, 1.165) is 6.26 Å². The standard InChI is InChI=1S/C17H17N3O5S/c1-10-16(21)19-14-9-12(6-7-15(14)25-10)18-17(22)11-4-3-5-13(8-11)20-26(2,23)24/h3-10,20H,1-2H3,(H,18,22)(H,19,21)/t10-/m0/s1. The third kappa shape index (κ3) is 4.12. The molecular formula is C17H17N3O5S. The van der Waals surface area contributed by atoms with Gasteiger partial charge in [-0.05, 0) is 43.3 Å². The Balaban J connectivity index is 1.77. The topological polar surface area (TPSA) is 114 Å². The molecule has 0 radical (unpaired) electrons. The van der Waals surface area contributed by atoms with E-state index in [1.165, 1.54) is 6.07 Å². The van der Waals surface area contributed by atoms with E-state index in [0.29, 0.717) is 22.8 Å². The molecule has 0 aliphatic carbocycles. The Hall–Kier alpha value is -3.07. The zero-order chi connectivity index (χ0) is 18.9. The van der Waals surface area contributed by atoms with Crippen molar-refractivity contribution in [2.75, 3.05) is 21.6 Å². The van der Waals surface area contributed by atoms with Gasteiger partial charge in [0.05, 0.1) is 11.9 Å². The molecule has 0 aromatic heterocycles. The van der Waals surface area contributed by atoms with Crippen molar-refractivity contribution in [2.24, 2.45) is 0 Å². The summed E-state index contributed by atoms with van der Waals surface area (Å²) in [7, 11) is -3.43. The summed E-state index contributed by atoms with van der Waals surface area (Å²) in [5, 5.41) is 5.41. The van der Waals surface area contributed by atoms with Gasteiger partial charge in [0.15, 0.2) is 6.10 Å². The lowest BCUT2D eigenvalue weighted by Crippen LogP contribution is -2.34. The highest BCUT2D eigenvalue weighted by Crippen LogP contribution is 2.32. The predicted molar refractivity (Wildman–Crippen MR) is 98.0 cm³/mol. The third-order valence-electron chi connectivity index (χ3n) is 3.60. The van der Waals surface area contributed by atoms with Crippen LogP contribution in [0.3, 0.4) is 0 Å². The molecule has 26 heavy (non-hydrogen) atoms. The van der Waals surface area contributed by atoms with Gasteiger partial charge >= 0.3 is 0 Å². The Labute approximate surface area is 150 Å². The zero-order valence-electron chi connectivity index (χ0n) is 14.1. The highest BCUT2D eigenvalue weighted by Gasteiger charge is 2.23. The molecule has 1 atom stereocenters. The van der Waals surface area contributed by atoms with Crippen molar-refractivity contribution in [3.63, 3.8) is 0 Å². The van der Waals surface area contributed by atoms with E-state index in [-0.39, 0.29) is 11.5 Å². The van der Waals surface area contributed by atoms with E-state index >= 15 is 0 Å². The molecule has 0 saturated carbocycles. The number of fused-ring (bicyclic) bond motifs is 1. The molecule has 0 spiro atoms. The fraction of sp³-hybridized carbons (Fsp3) is 0.176. The summed E-state index contributed by atoms with van der Waals surface area (Å²) in [5.74, 6) is -0.159. The lowest BCUT2D eigenvalue weighted by Gasteiger charge is -2.23. The fourth-order valence-electron chi connectivity index (χ4n) is 2.43. The van der Waals surface area contributed by atoms with Crippen LogP contribution in [-0.4, -0.2) is 32.6 Å². The van der Waals surface area contributed by atoms with Gasteiger partial charge in [0, 0.05) is 16.9 Å². The summed E-state index contributed by atoms with van der Waals surface area (Å²) in [4.78, 5) is 24.1. The Bertz CT molecular complexity index is 988. The summed E-state index contributed by atoms with van der Waals surface area (Å²) in [6, 6.07) is 11.0. The van der Waals surface area contributed by atoms with Gasteiger partial charge in [-0.15, -0.1) is 0 Å². The largest absolute Gasteiger partial charge is 0.479 e. The average molecular weight is 375 g/mol. The number of amides is 2. The summed E-state index contributed by atoms with van der Waals surface area (Å²) in [6.45, 7) is 1.64. The molecular weight excluding hydrogens is 358 g/mol. The summed E-state index contributed by atoms with van der Waals surface area (Å²) in [5.41, 5.74) is 1.51. The van der Waals surface area contributed by atoms with Gasteiger partial charge in [-0.3, -0.25) is 14.3 Å². The molecule has 8 nitrogen and oxygen atoms in total. The van der Waals surface area contributed by atoms with Crippen molar-refractivity contribution in [1.82, 2.24) is 0 Å². The highest BCUT2D eigenvalue weighted by atomic mass is 32.2. The van der Waals surface area contributed by atoms with Crippen LogP contribution in [0.2, 0.25) is 0 Å². The van der Waals surface area contributed by atoms with Crippen LogP contribution in [0.5, 0.6) is 5.75 Å². The first kappa shape index (κ1) is 17.7. The van der Waals surface area contributed by atoms with E-state index in [1.807, 2.05) is 0 Å². The Morgan fingerprint density at radius 2 is 1.92 bits per heavy atom. The number of rotatable bonds is 4. The second-order valence-electron chi connectivity index (χ2n) is 5.87. The maximum absolute atomic E-state index is 12.4. The summed E-state index contributed by atoms with van der Waals surface area (Å²) >= 11 is 0. The molecule has 0 saturated heterocycles. The highest BCUT2D eigenvalue weighted by molar-refractivity contribution is 7.92. The van der Waals surface area contributed by atoms with Crippen LogP contribution >= 0.6 is 0 Å². The van der Waals surface area contributed by atoms with Crippen molar-refractivity contribution in [3.05, 3.63) is 48.0 Å². The van der Waals surface area contributed by atoms with Crippen LogP contribution in [-0.2, 0) is 14.8 Å². The lowest BCUT2D eigenvalue weighted by atomic mass is 10.1. The Morgan fingerprint density at radius 1 is 1.15 bits per heavy atom. The molecule has 3 rings (SSSR count). The van der Waals surface area contributed by atoms with Gasteiger partial charge < -0.3 is 15.4 Å². The number of anilines is 3. The maximum Gasteiger partial charge on any atom is 0.265 e. The van der Waals surface area contributed by atoms with Crippen molar-refractivity contribution in [2.45, 2.75) is 13.0 Å². The van der Waals surface area contributed by atoms with Gasteiger partial charge in [-0.2, -0.15) is 0 Å². The minimum absolute atomic E-state index is 0.263. The number of carbonyl (C=O) groups excluding carboxylic acids is 2. The van der Waals surface area contributed by atoms with Crippen LogP contribution < -0.4 is 20.1 Å². The van der Waals surface area contributed by atoms with E-state index in [9.17, 15) is 18.0 Å². The Kier molecular flexibility index (Phi) is 4.56. The molecule has 2 aromatic rings. The number of hydrogen-bond acceptors (Lipinski definition) is 5. The van der Waals surface area contributed by atoms with Crippen LogP contribution in [0.4, 0.5) is 17.1 Å². The predicted octanol–water partition coefficient (Wildman–Crippen LogP) is 2.03. The zero-order valence-corrected chi connectivity index (χ0v) is 14.9. The average Bonchev–Trinajstić information content (AvgIpc) is 2.55. The van der Waals surface area contributed by atoms with E-state index in [2.05, 4.69) is 15.4 Å². The normalized spacial score (nSPS) is 16.1. The Morgan fingerprint density at radius 3 is 2.65 bits per heavy atom. The minimum Gasteiger partial charge on any atom is -0.479 e. The van der Waals surface area contributed by atoms with Gasteiger partial charge in [-0.1, -0.05) is 6.07 Å². The van der Waals surface area contributed by atoms with E-state index in [1.54, 1.807) is 43.3 Å².